The maximum absolute atomic E-state index is 8.81. The fourth-order valence-electron chi connectivity index (χ4n) is 1.09. The first-order chi connectivity index (χ1) is 6.77. The van der Waals surface area contributed by atoms with Crippen LogP contribution in [0.15, 0.2) is 18.2 Å². The van der Waals surface area contributed by atoms with Crippen LogP contribution >= 0.6 is 11.6 Å². The monoisotopic (exact) mass is 209 g/mol. The largest absolute Gasteiger partial charge is 0.384 e. The summed E-state index contributed by atoms with van der Waals surface area (Å²) in [6.07, 6.45) is 0.872. The standard InChI is InChI=1S/C10H12ClN3/c11-9-3-2-8(7-13)10(6-9)14-5-1-4-12/h2-3,6,14H,1,4-5,12H2. The third kappa shape index (κ3) is 2.91. The van der Waals surface area contributed by atoms with E-state index < -0.39 is 0 Å². The van der Waals surface area contributed by atoms with Crippen LogP contribution in [0.3, 0.4) is 0 Å². The number of benzene rings is 1. The van der Waals surface area contributed by atoms with E-state index in [4.69, 9.17) is 22.6 Å². The molecule has 14 heavy (non-hydrogen) atoms. The molecule has 0 fully saturated rings. The Morgan fingerprint density at radius 2 is 2.29 bits per heavy atom. The van der Waals surface area contributed by atoms with Gasteiger partial charge in [-0.25, -0.2) is 0 Å². The highest BCUT2D eigenvalue weighted by Gasteiger charge is 2.01. The van der Waals surface area contributed by atoms with E-state index in [1.807, 2.05) is 0 Å². The Balaban J connectivity index is 2.73. The number of nitrogens with zero attached hydrogens (tertiary/aromatic N) is 1. The highest BCUT2D eigenvalue weighted by molar-refractivity contribution is 6.30. The van der Waals surface area contributed by atoms with Crippen LogP contribution in [-0.2, 0) is 0 Å². The van der Waals surface area contributed by atoms with Gasteiger partial charge in [0.05, 0.1) is 11.3 Å². The molecule has 0 amide bonds. The summed E-state index contributed by atoms with van der Waals surface area (Å²) in [5.74, 6) is 0. The molecule has 0 saturated heterocycles. The molecule has 0 aromatic heterocycles. The second kappa shape index (κ2) is 5.48. The SMILES string of the molecule is N#Cc1ccc(Cl)cc1NCCCN. The Bertz CT molecular complexity index is 344. The third-order valence-electron chi connectivity index (χ3n) is 1.80. The Hall–Kier alpha value is -1.24. The lowest BCUT2D eigenvalue weighted by Gasteiger charge is -2.07. The van der Waals surface area contributed by atoms with Crippen LogP contribution in [0, 0.1) is 11.3 Å². The minimum atomic E-state index is 0.603. The molecule has 0 saturated carbocycles. The average Bonchev–Trinajstić information content (AvgIpc) is 2.19. The molecule has 3 N–H and O–H groups in total. The van der Waals surface area contributed by atoms with E-state index in [1.54, 1.807) is 18.2 Å². The molecule has 0 aliphatic rings. The van der Waals surface area contributed by atoms with Gasteiger partial charge < -0.3 is 11.1 Å². The Labute approximate surface area is 88.5 Å². The van der Waals surface area contributed by atoms with Crippen molar-refractivity contribution in [3.05, 3.63) is 28.8 Å². The quantitative estimate of drug-likeness (QED) is 0.746. The van der Waals surface area contributed by atoms with Crippen LogP contribution in [0.25, 0.3) is 0 Å². The fraction of sp³-hybridized carbons (Fsp3) is 0.300. The summed E-state index contributed by atoms with van der Waals surface area (Å²) in [5.41, 5.74) is 6.74. The van der Waals surface area contributed by atoms with E-state index >= 15 is 0 Å². The van der Waals surface area contributed by atoms with Gasteiger partial charge in [-0.2, -0.15) is 5.26 Å². The number of hydrogen-bond acceptors (Lipinski definition) is 3. The van der Waals surface area contributed by atoms with Gasteiger partial charge >= 0.3 is 0 Å². The number of rotatable bonds is 4. The van der Waals surface area contributed by atoms with Crippen LogP contribution < -0.4 is 11.1 Å². The summed E-state index contributed by atoms with van der Waals surface area (Å²) in [6.45, 7) is 1.39. The Morgan fingerprint density at radius 1 is 1.50 bits per heavy atom. The highest BCUT2D eigenvalue weighted by atomic mass is 35.5. The van der Waals surface area contributed by atoms with Gasteiger partial charge in [-0.1, -0.05) is 11.6 Å². The van der Waals surface area contributed by atoms with E-state index in [0.29, 0.717) is 17.1 Å². The summed E-state index contributed by atoms with van der Waals surface area (Å²) in [7, 11) is 0. The molecule has 1 rings (SSSR count). The molecule has 0 atom stereocenters. The molecule has 0 heterocycles. The van der Waals surface area contributed by atoms with Crippen molar-refractivity contribution in [3.8, 4) is 6.07 Å². The number of nitrogens with one attached hydrogen (secondary N) is 1. The molecule has 4 heteroatoms. The van der Waals surface area contributed by atoms with Crippen molar-refractivity contribution < 1.29 is 0 Å². The maximum atomic E-state index is 8.81. The van der Waals surface area contributed by atoms with Crippen LogP contribution in [0.1, 0.15) is 12.0 Å². The van der Waals surface area contributed by atoms with Crippen molar-refractivity contribution in [2.75, 3.05) is 18.4 Å². The zero-order valence-corrected chi connectivity index (χ0v) is 8.51. The van der Waals surface area contributed by atoms with E-state index in [1.165, 1.54) is 0 Å². The predicted molar refractivity (Wildman–Crippen MR) is 58.3 cm³/mol. The van der Waals surface area contributed by atoms with Crippen molar-refractivity contribution in [1.82, 2.24) is 0 Å². The number of halogens is 1. The number of hydrogen-bond donors (Lipinski definition) is 2. The van der Waals surface area contributed by atoms with Gasteiger partial charge in [0.2, 0.25) is 0 Å². The second-order valence-corrected chi connectivity index (χ2v) is 3.31. The molecule has 0 spiro atoms. The molecular formula is C10H12ClN3. The zero-order valence-electron chi connectivity index (χ0n) is 7.76. The second-order valence-electron chi connectivity index (χ2n) is 2.87. The first-order valence-corrected chi connectivity index (χ1v) is 4.79. The van der Waals surface area contributed by atoms with E-state index in [-0.39, 0.29) is 0 Å². The van der Waals surface area contributed by atoms with Crippen molar-refractivity contribution >= 4 is 17.3 Å². The Morgan fingerprint density at radius 3 is 2.93 bits per heavy atom. The molecule has 0 aliphatic heterocycles. The summed E-state index contributed by atoms with van der Waals surface area (Å²) >= 11 is 5.81. The van der Waals surface area contributed by atoms with Crippen molar-refractivity contribution in [2.45, 2.75) is 6.42 Å². The van der Waals surface area contributed by atoms with Crippen LogP contribution in [-0.4, -0.2) is 13.1 Å². The van der Waals surface area contributed by atoms with Crippen LogP contribution in [0.2, 0.25) is 5.02 Å². The first-order valence-electron chi connectivity index (χ1n) is 4.41. The minimum absolute atomic E-state index is 0.603. The fourth-order valence-corrected chi connectivity index (χ4v) is 1.26. The van der Waals surface area contributed by atoms with Crippen molar-refractivity contribution in [3.63, 3.8) is 0 Å². The van der Waals surface area contributed by atoms with Gasteiger partial charge in [-0.05, 0) is 31.2 Å². The van der Waals surface area contributed by atoms with E-state index in [9.17, 15) is 0 Å². The molecule has 0 radical (unpaired) electrons. The van der Waals surface area contributed by atoms with Gasteiger partial charge in [0.15, 0.2) is 0 Å². The summed E-state index contributed by atoms with van der Waals surface area (Å²) in [6, 6.07) is 7.25. The predicted octanol–water partition coefficient (Wildman–Crippen LogP) is 1.97. The first kappa shape index (κ1) is 10.8. The van der Waals surface area contributed by atoms with Gasteiger partial charge in [0, 0.05) is 11.6 Å². The minimum Gasteiger partial charge on any atom is -0.384 e. The normalized spacial score (nSPS) is 9.50. The molecule has 0 aliphatic carbocycles. The Kier molecular flexibility index (Phi) is 4.24. The van der Waals surface area contributed by atoms with E-state index in [0.717, 1.165) is 18.7 Å². The van der Waals surface area contributed by atoms with Gasteiger partial charge in [-0.15, -0.1) is 0 Å². The van der Waals surface area contributed by atoms with Crippen molar-refractivity contribution in [2.24, 2.45) is 5.73 Å². The summed E-state index contributed by atoms with van der Waals surface area (Å²) < 4.78 is 0. The number of nitriles is 1. The van der Waals surface area contributed by atoms with Crippen molar-refractivity contribution in [1.29, 1.82) is 5.26 Å². The third-order valence-corrected chi connectivity index (χ3v) is 2.03. The molecule has 0 bridgehead atoms. The molecule has 74 valence electrons. The molecule has 0 unspecified atom stereocenters. The maximum Gasteiger partial charge on any atom is 0.101 e. The van der Waals surface area contributed by atoms with Gasteiger partial charge in [0.1, 0.15) is 6.07 Å². The molecule has 1 aromatic rings. The van der Waals surface area contributed by atoms with Crippen LogP contribution in [0.5, 0.6) is 0 Å². The zero-order chi connectivity index (χ0) is 10.4. The molecular weight excluding hydrogens is 198 g/mol. The lowest BCUT2D eigenvalue weighted by Crippen LogP contribution is -2.09. The molecule has 3 nitrogen and oxygen atoms in total. The topological polar surface area (TPSA) is 61.8 Å². The lowest BCUT2D eigenvalue weighted by molar-refractivity contribution is 0.874. The number of anilines is 1. The van der Waals surface area contributed by atoms with Crippen LogP contribution in [0.4, 0.5) is 5.69 Å². The van der Waals surface area contributed by atoms with E-state index in [2.05, 4.69) is 11.4 Å². The summed E-state index contributed by atoms with van der Waals surface area (Å²) in [4.78, 5) is 0. The smallest absolute Gasteiger partial charge is 0.101 e. The van der Waals surface area contributed by atoms with Gasteiger partial charge in [0.25, 0.3) is 0 Å². The summed E-state index contributed by atoms with van der Waals surface area (Å²) in [5, 5.41) is 12.6. The highest BCUT2D eigenvalue weighted by Crippen LogP contribution is 2.20. The average molecular weight is 210 g/mol. The number of nitrogens with two attached hydrogens (primary N) is 1. The lowest BCUT2D eigenvalue weighted by atomic mass is 10.2. The molecule has 1 aromatic carbocycles. The van der Waals surface area contributed by atoms with Gasteiger partial charge in [-0.3, -0.25) is 0 Å².